The van der Waals surface area contributed by atoms with Crippen LogP contribution < -0.4 is 9.47 Å². The van der Waals surface area contributed by atoms with Gasteiger partial charge in [-0.15, -0.1) is 0 Å². The predicted molar refractivity (Wildman–Crippen MR) is 90.2 cm³/mol. The van der Waals surface area contributed by atoms with Crippen molar-refractivity contribution in [3.63, 3.8) is 0 Å². The summed E-state index contributed by atoms with van der Waals surface area (Å²) in [4.78, 5) is 0. The first-order valence-electron chi connectivity index (χ1n) is 6.54. The monoisotopic (exact) mass is 414 g/mol. The second-order valence-corrected chi connectivity index (χ2v) is 6.19. The van der Waals surface area contributed by atoms with Crippen LogP contribution in [-0.2, 0) is 0 Å². The average molecular weight is 416 g/mol. The average Bonchev–Trinajstić information content (AvgIpc) is 2.50. The minimum Gasteiger partial charge on any atom is -0.496 e. The van der Waals surface area contributed by atoms with Gasteiger partial charge in [0, 0.05) is 5.56 Å². The Morgan fingerprint density at radius 2 is 1.67 bits per heavy atom. The summed E-state index contributed by atoms with van der Waals surface area (Å²) in [6.07, 6.45) is 0.0927. The van der Waals surface area contributed by atoms with Gasteiger partial charge in [-0.05, 0) is 56.5 Å². The summed E-state index contributed by atoms with van der Waals surface area (Å²) in [6, 6.07) is 11.2. The van der Waals surface area contributed by atoms with Crippen molar-refractivity contribution in [3.8, 4) is 17.2 Å². The molecule has 0 radical (unpaired) electrons. The van der Waals surface area contributed by atoms with Gasteiger partial charge in [-0.25, -0.2) is 0 Å². The third-order valence-corrected chi connectivity index (χ3v) is 4.33. The lowest BCUT2D eigenvalue weighted by atomic mass is 10.1. The Morgan fingerprint density at radius 1 is 1.05 bits per heavy atom. The molecule has 0 heterocycles. The Bertz CT molecular complexity index is 629. The van der Waals surface area contributed by atoms with E-state index in [1.54, 1.807) is 7.11 Å². The molecular weight excluding hydrogens is 400 g/mol. The molecule has 0 aromatic heterocycles. The van der Waals surface area contributed by atoms with Crippen LogP contribution in [0, 0.1) is 0 Å². The zero-order chi connectivity index (χ0) is 15.4. The third kappa shape index (κ3) is 3.78. The van der Waals surface area contributed by atoms with Gasteiger partial charge in [0.05, 0.1) is 22.2 Å². The lowest BCUT2D eigenvalue weighted by Gasteiger charge is -2.16. The van der Waals surface area contributed by atoms with Gasteiger partial charge in [-0.2, -0.15) is 0 Å². The van der Waals surface area contributed by atoms with Crippen molar-refractivity contribution in [1.82, 2.24) is 0 Å². The van der Waals surface area contributed by atoms with Crippen LogP contribution in [0.5, 0.6) is 17.2 Å². The van der Waals surface area contributed by atoms with Gasteiger partial charge in [-0.1, -0.05) is 25.1 Å². The number of aliphatic hydroxyl groups excluding tert-OH is 1. The van der Waals surface area contributed by atoms with E-state index >= 15 is 0 Å². The maximum absolute atomic E-state index is 10.1. The van der Waals surface area contributed by atoms with Gasteiger partial charge in [0.15, 0.2) is 0 Å². The third-order valence-electron chi connectivity index (χ3n) is 3.09. The molecule has 0 aliphatic rings. The molecule has 2 aromatic carbocycles. The molecule has 0 fully saturated rings. The predicted octanol–water partition coefficient (Wildman–Crippen LogP) is 5.46. The molecule has 1 atom stereocenters. The van der Waals surface area contributed by atoms with Crippen LogP contribution in [0.15, 0.2) is 45.3 Å². The molecule has 3 nitrogen and oxygen atoms in total. The zero-order valence-electron chi connectivity index (χ0n) is 11.8. The van der Waals surface area contributed by atoms with Crippen LogP contribution in [0.3, 0.4) is 0 Å². The number of methoxy groups -OCH3 is 1. The van der Waals surface area contributed by atoms with E-state index in [1.807, 2.05) is 43.3 Å². The topological polar surface area (TPSA) is 38.7 Å². The summed E-state index contributed by atoms with van der Waals surface area (Å²) in [7, 11) is 1.61. The number of halogens is 2. The minimum atomic E-state index is -0.540. The summed E-state index contributed by atoms with van der Waals surface area (Å²) in [5.41, 5.74) is 0.777. The molecule has 0 saturated carbocycles. The molecular formula is C16H16Br2O3. The molecule has 0 aliphatic heterocycles. The molecule has 0 spiro atoms. The molecule has 5 heteroatoms. The van der Waals surface area contributed by atoms with Crippen molar-refractivity contribution in [2.24, 2.45) is 0 Å². The quantitative estimate of drug-likeness (QED) is 0.704. The normalized spacial score (nSPS) is 12.0. The first kappa shape index (κ1) is 16.3. The van der Waals surface area contributed by atoms with E-state index < -0.39 is 6.10 Å². The van der Waals surface area contributed by atoms with E-state index in [-0.39, 0.29) is 0 Å². The zero-order valence-corrected chi connectivity index (χ0v) is 14.9. The van der Waals surface area contributed by atoms with Crippen LogP contribution in [0.4, 0.5) is 0 Å². The summed E-state index contributed by atoms with van der Waals surface area (Å²) in [5, 5.41) is 10.1. The molecule has 112 valence electrons. The molecule has 0 saturated heterocycles. The smallest absolute Gasteiger partial charge is 0.143 e. The lowest BCUT2D eigenvalue weighted by molar-refractivity contribution is 0.170. The maximum Gasteiger partial charge on any atom is 0.143 e. The highest BCUT2D eigenvalue weighted by Gasteiger charge is 2.14. The van der Waals surface area contributed by atoms with Crippen molar-refractivity contribution in [3.05, 3.63) is 50.9 Å². The van der Waals surface area contributed by atoms with E-state index in [0.29, 0.717) is 17.9 Å². The van der Waals surface area contributed by atoms with Crippen LogP contribution in [0.2, 0.25) is 0 Å². The van der Waals surface area contributed by atoms with Crippen molar-refractivity contribution < 1.29 is 14.6 Å². The van der Waals surface area contributed by atoms with Gasteiger partial charge in [0.2, 0.25) is 0 Å². The fourth-order valence-corrected chi connectivity index (χ4v) is 2.82. The number of aliphatic hydroxyl groups is 1. The molecule has 0 amide bonds. The second kappa shape index (κ2) is 7.29. The van der Waals surface area contributed by atoms with Crippen LogP contribution in [-0.4, -0.2) is 12.2 Å². The number of hydrogen-bond donors (Lipinski definition) is 1. The number of hydrogen-bond acceptors (Lipinski definition) is 3. The largest absolute Gasteiger partial charge is 0.496 e. The summed E-state index contributed by atoms with van der Waals surface area (Å²) in [6.45, 7) is 1.93. The summed E-state index contributed by atoms with van der Waals surface area (Å²) in [5.74, 6) is 2.01. The number of para-hydroxylation sites is 1. The van der Waals surface area contributed by atoms with Crippen molar-refractivity contribution >= 4 is 31.9 Å². The molecule has 0 aliphatic carbocycles. The van der Waals surface area contributed by atoms with Crippen LogP contribution in [0.25, 0.3) is 0 Å². The van der Waals surface area contributed by atoms with Crippen molar-refractivity contribution in [2.75, 3.05) is 7.11 Å². The van der Waals surface area contributed by atoms with E-state index in [1.165, 1.54) is 0 Å². The number of ether oxygens (including phenoxy) is 2. The molecule has 0 bridgehead atoms. The van der Waals surface area contributed by atoms with Crippen molar-refractivity contribution in [1.29, 1.82) is 0 Å². The first-order chi connectivity index (χ1) is 10.1. The van der Waals surface area contributed by atoms with Crippen molar-refractivity contribution in [2.45, 2.75) is 19.4 Å². The van der Waals surface area contributed by atoms with Gasteiger partial charge >= 0.3 is 0 Å². The standard InChI is InChI=1S/C16H16Br2O3/c1-3-13(19)10-6-4-5-7-14(10)21-16-9-11(17)15(20-2)8-12(16)18/h4-9,13,19H,3H2,1-2H3. The van der Waals surface area contributed by atoms with Crippen LogP contribution >= 0.6 is 31.9 Å². The van der Waals surface area contributed by atoms with E-state index in [4.69, 9.17) is 9.47 Å². The molecule has 2 rings (SSSR count). The number of rotatable bonds is 5. The van der Waals surface area contributed by atoms with Gasteiger partial charge < -0.3 is 14.6 Å². The maximum atomic E-state index is 10.1. The Labute approximate surface area is 141 Å². The fourth-order valence-electron chi connectivity index (χ4n) is 1.93. The lowest BCUT2D eigenvalue weighted by Crippen LogP contribution is -1.99. The number of benzene rings is 2. The molecule has 2 aromatic rings. The Morgan fingerprint density at radius 3 is 2.33 bits per heavy atom. The minimum absolute atomic E-state index is 0.540. The molecule has 21 heavy (non-hydrogen) atoms. The highest BCUT2D eigenvalue weighted by atomic mass is 79.9. The van der Waals surface area contributed by atoms with E-state index in [0.717, 1.165) is 20.3 Å². The molecule has 1 unspecified atom stereocenters. The van der Waals surface area contributed by atoms with E-state index in [9.17, 15) is 5.11 Å². The summed E-state index contributed by atoms with van der Waals surface area (Å²) >= 11 is 6.91. The highest BCUT2D eigenvalue weighted by molar-refractivity contribution is 9.11. The molecule has 1 N–H and O–H groups in total. The summed E-state index contributed by atoms with van der Waals surface area (Å²) < 4.78 is 12.8. The fraction of sp³-hybridized carbons (Fsp3) is 0.250. The first-order valence-corrected chi connectivity index (χ1v) is 8.13. The van der Waals surface area contributed by atoms with Gasteiger partial charge in [0.25, 0.3) is 0 Å². The highest BCUT2D eigenvalue weighted by Crippen LogP contribution is 2.39. The Balaban J connectivity index is 2.37. The van der Waals surface area contributed by atoms with Gasteiger partial charge in [0.1, 0.15) is 17.2 Å². The van der Waals surface area contributed by atoms with E-state index in [2.05, 4.69) is 31.9 Å². The Kier molecular flexibility index (Phi) is 5.67. The van der Waals surface area contributed by atoms with Crippen LogP contribution in [0.1, 0.15) is 25.0 Å². The SMILES string of the molecule is CCC(O)c1ccccc1Oc1cc(Br)c(OC)cc1Br. The second-order valence-electron chi connectivity index (χ2n) is 4.48. The Hall–Kier alpha value is -1.04. The van der Waals surface area contributed by atoms with Gasteiger partial charge in [-0.3, -0.25) is 0 Å².